The fourth-order valence-corrected chi connectivity index (χ4v) is 1.24. The smallest absolute Gasteiger partial charge is 0.241 e. The third kappa shape index (κ3) is 2.31. The topological polar surface area (TPSA) is 46.9 Å². The first kappa shape index (κ1) is 9.77. The molecule has 72 valence electrons. The lowest BCUT2D eigenvalue weighted by molar-refractivity contribution is -0.121. The highest BCUT2D eigenvalue weighted by Crippen LogP contribution is 2.03. The van der Waals surface area contributed by atoms with Gasteiger partial charge in [0.15, 0.2) is 0 Å². The molecule has 1 rings (SSSR count). The second-order valence-electron chi connectivity index (χ2n) is 2.96. The molecule has 0 aliphatic heterocycles. The molecule has 1 N–H and O–H groups in total. The first-order chi connectivity index (χ1) is 6.17. The van der Waals surface area contributed by atoms with Crippen molar-refractivity contribution in [2.24, 2.45) is 0 Å². The Morgan fingerprint density at radius 1 is 1.69 bits per heavy atom. The Balaban J connectivity index is 2.80. The predicted octanol–water partition coefficient (Wildman–Crippen LogP) is 0.500. The number of carbonyl (C=O) groups excluding carboxylic acids is 1. The molecule has 0 spiro atoms. The monoisotopic (exact) mass is 181 g/mol. The van der Waals surface area contributed by atoms with Gasteiger partial charge in [-0.05, 0) is 19.4 Å². The van der Waals surface area contributed by atoms with Crippen molar-refractivity contribution < 1.29 is 4.79 Å². The number of aromatic nitrogens is 2. The minimum absolute atomic E-state index is 0.0159. The SMILES string of the molecule is CCc1cc(C)nn1CC(=O)NC. The van der Waals surface area contributed by atoms with E-state index in [4.69, 9.17) is 0 Å². The molecule has 0 saturated carbocycles. The summed E-state index contributed by atoms with van der Waals surface area (Å²) in [5.74, 6) is -0.0159. The molecule has 0 fully saturated rings. The molecule has 0 aromatic carbocycles. The van der Waals surface area contributed by atoms with Crippen LogP contribution in [-0.4, -0.2) is 22.7 Å². The molecule has 1 aromatic heterocycles. The minimum Gasteiger partial charge on any atom is -0.358 e. The summed E-state index contributed by atoms with van der Waals surface area (Å²) in [5.41, 5.74) is 2.06. The molecule has 1 aromatic rings. The van der Waals surface area contributed by atoms with Crippen molar-refractivity contribution in [2.75, 3.05) is 7.05 Å². The van der Waals surface area contributed by atoms with Crippen molar-refractivity contribution in [1.29, 1.82) is 0 Å². The maximum absolute atomic E-state index is 11.1. The Hall–Kier alpha value is -1.32. The fraction of sp³-hybridized carbons (Fsp3) is 0.556. The zero-order chi connectivity index (χ0) is 9.84. The molecule has 0 saturated heterocycles. The summed E-state index contributed by atoms with van der Waals surface area (Å²) in [6, 6.07) is 2.00. The fourth-order valence-electron chi connectivity index (χ4n) is 1.24. The van der Waals surface area contributed by atoms with Gasteiger partial charge in [0.1, 0.15) is 6.54 Å². The van der Waals surface area contributed by atoms with Gasteiger partial charge in [0.25, 0.3) is 0 Å². The third-order valence-electron chi connectivity index (χ3n) is 1.92. The van der Waals surface area contributed by atoms with Crippen molar-refractivity contribution in [1.82, 2.24) is 15.1 Å². The largest absolute Gasteiger partial charge is 0.358 e. The van der Waals surface area contributed by atoms with Gasteiger partial charge in [0.2, 0.25) is 5.91 Å². The highest BCUT2D eigenvalue weighted by molar-refractivity contribution is 5.75. The Morgan fingerprint density at radius 2 is 2.38 bits per heavy atom. The summed E-state index contributed by atoms with van der Waals surface area (Å²) in [6.07, 6.45) is 0.901. The minimum atomic E-state index is -0.0159. The number of hydrogen-bond acceptors (Lipinski definition) is 2. The summed E-state index contributed by atoms with van der Waals surface area (Å²) < 4.78 is 1.74. The van der Waals surface area contributed by atoms with Gasteiger partial charge in [-0.1, -0.05) is 6.92 Å². The van der Waals surface area contributed by atoms with E-state index < -0.39 is 0 Å². The quantitative estimate of drug-likeness (QED) is 0.738. The van der Waals surface area contributed by atoms with Gasteiger partial charge in [0.05, 0.1) is 5.69 Å². The lowest BCUT2D eigenvalue weighted by Crippen LogP contribution is -2.24. The molecule has 0 bridgehead atoms. The standard InChI is InChI=1S/C9H15N3O/c1-4-8-5-7(2)11-12(8)6-9(13)10-3/h5H,4,6H2,1-3H3,(H,10,13). The number of aryl methyl sites for hydroxylation is 2. The van der Waals surface area contributed by atoms with Crippen LogP contribution in [0.4, 0.5) is 0 Å². The summed E-state index contributed by atoms with van der Waals surface area (Å²) in [4.78, 5) is 11.1. The van der Waals surface area contributed by atoms with Crippen LogP contribution in [0.5, 0.6) is 0 Å². The van der Waals surface area contributed by atoms with Crippen molar-refractivity contribution in [3.63, 3.8) is 0 Å². The van der Waals surface area contributed by atoms with E-state index in [1.165, 1.54) is 0 Å². The van der Waals surface area contributed by atoms with E-state index in [2.05, 4.69) is 17.3 Å². The van der Waals surface area contributed by atoms with Gasteiger partial charge < -0.3 is 5.32 Å². The molecule has 0 radical (unpaired) electrons. The van der Waals surface area contributed by atoms with Gasteiger partial charge >= 0.3 is 0 Å². The number of carbonyl (C=O) groups is 1. The molecule has 0 atom stereocenters. The van der Waals surface area contributed by atoms with Crippen LogP contribution in [0.2, 0.25) is 0 Å². The van der Waals surface area contributed by atoms with Crippen molar-refractivity contribution >= 4 is 5.91 Å². The molecule has 1 amide bonds. The van der Waals surface area contributed by atoms with E-state index in [9.17, 15) is 4.79 Å². The zero-order valence-corrected chi connectivity index (χ0v) is 8.29. The van der Waals surface area contributed by atoms with E-state index in [-0.39, 0.29) is 5.91 Å². The Labute approximate surface area is 77.9 Å². The van der Waals surface area contributed by atoms with E-state index in [0.29, 0.717) is 6.54 Å². The molecule has 4 heteroatoms. The van der Waals surface area contributed by atoms with Crippen LogP contribution < -0.4 is 5.32 Å². The van der Waals surface area contributed by atoms with E-state index in [1.807, 2.05) is 13.0 Å². The Bertz CT molecular complexity index is 304. The second-order valence-corrected chi connectivity index (χ2v) is 2.96. The number of likely N-dealkylation sites (N-methyl/N-ethyl adjacent to an activating group) is 1. The molecule has 0 aliphatic rings. The molecule has 13 heavy (non-hydrogen) atoms. The molecular formula is C9H15N3O. The number of amides is 1. The summed E-state index contributed by atoms with van der Waals surface area (Å²) in [6.45, 7) is 4.30. The lowest BCUT2D eigenvalue weighted by Gasteiger charge is -2.03. The zero-order valence-electron chi connectivity index (χ0n) is 8.29. The van der Waals surface area contributed by atoms with Gasteiger partial charge in [-0.3, -0.25) is 9.48 Å². The number of hydrogen-bond donors (Lipinski definition) is 1. The van der Waals surface area contributed by atoms with Crippen LogP contribution in [-0.2, 0) is 17.8 Å². The van der Waals surface area contributed by atoms with E-state index in [0.717, 1.165) is 17.8 Å². The molecule has 0 unspecified atom stereocenters. The van der Waals surface area contributed by atoms with Gasteiger partial charge in [-0.25, -0.2) is 0 Å². The molecular weight excluding hydrogens is 166 g/mol. The summed E-state index contributed by atoms with van der Waals surface area (Å²) in [7, 11) is 1.63. The average Bonchev–Trinajstić information content (AvgIpc) is 2.46. The number of nitrogens with one attached hydrogen (secondary N) is 1. The van der Waals surface area contributed by atoms with Gasteiger partial charge in [-0.15, -0.1) is 0 Å². The van der Waals surface area contributed by atoms with Crippen molar-refractivity contribution in [2.45, 2.75) is 26.8 Å². The summed E-state index contributed by atoms with van der Waals surface area (Å²) in [5, 5.41) is 6.80. The van der Waals surface area contributed by atoms with Crippen molar-refractivity contribution in [3.05, 3.63) is 17.5 Å². The second kappa shape index (κ2) is 4.07. The molecule has 4 nitrogen and oxygen atoms in total. The van der Waals surface area contributed by atoms with Crippen LogP contribution in [0.25, 0.3) is 0 Å². The van der Waals surface area contributed by atoms with Crippen LogP contribution in [0, 0.1) is 6.92 Å². The van der Waals surface area contributed by atoms with Crippen LogP contribution in [0.1, 0.15) is 18.3 Å². The highest BCUT2D eigenvalue weighted by atomic mass is 16.1. The Morgan fingerprint density at radius 3 is 2.92 bits per heavy atom. The number of rotatable bonds is 3. The van der Waals surface area contributed by atoms with E-state index in [1.54, 1.807) is 11.7 Å². The molecule has 1 heterocycles. The maximum Gasteiger partial charge on any atom is 0.241 e. The van der Waals surface area contributed by atoms with Gasteiger partial charge in [0, 0.05) is 12.7 Å². The lowest BCUT2D eigenvalue weighted by atomic mass is 10.3. The third-order valence-corrected chi connectivity index (χ3v) is 1.92. The van der Waals surface area contributed by atoms with Crippen LogP contribution in [0.3, 0.4) is 0 Å². The molecule has 0 aliphatic carbocycles. The number of nitrogens with zero attached hydrogens (tertiary/aromatic N) is 2. The van der Waals surface area contributed by atoms with Crippen LogP contribution >= 0.6 is 0 Å². The first-order valence-corrected chi connectivity index (χ1v) is 4.41. The maximum atomic E-state index is 11.1. The Kier molecular flexibility index (Phi) is 3.06. The highest BCUT2D eigenvalue weighted by Gasteiger charge is 2.06. The van der Waals surface area contributed by atoms with Gasteiger partial charge in [-0.2, -0.15) is 5.10 Å². The van der Waals surface area contributed by atoms with Crippen molar-refractivity contribution in [3.8, 4) is 0 Å². The average molecular weight is 181 g/mol. The first-order valence-electron chi connectivity index (χ1n) is 4.41. The normalized spacial score (nSPS) is 10.1. The van der Waals surface area contributed by atoms with Crippen LogP contribution in [0.15, 0.2) is 6.07 Å². The van der Waals surface area contributed by atoms with E-state index >= 15 is 0 Å². The summed E-state index contributed by atoms with van der Waals surface area (Å²) >= 11 is 0. The predicted molar refractivity (Wildman–Crippen MR) is 50.4 cm³/mol.